The van der Waals surface area contributed by atoms with E-state index in [0.29, 0.717) is 13.0 Å². The van der Waals surface area contributed by atoms with Crippen molar-refractivity contribution in [2.75, 3.05) is 44.2 Å². The minimum Gasteiger partial charge on any atom is -0.311 e. The van der Waals surface area contributed by atoms with E-state index in [2.05, 4.69) is 9.80 Å². The molecule has 1 amide bonds. The molecule has 2 aliphatic rings. The van der Waals surface area contributed by atoms with E-state index in [1.807, 2.05) is 12.1 Å². The van der Waals surface area contributed by atoms with Gasteiger partial charge in [0.05, 0.1) is 6.42 Å². The second-order valence-electron chi connectivity index (χ2n) is 7.24. The highest BCUT2D eigenvalue weighted by Crippen LogP contribution is 2.29. The van der Waals surface area contributed by atoms with Gasteiger partial charge in [-0.1, -0.05) is 12.1 Å². The molecule has 142 valence electrons. The van der Waals surface area contributed by atoms with Gasteiger partial charge in [-0.15, -0.1) is 0 Å². The summed E-state index contributed by atoms with van der Waals surface area (Å²) in [6, 6.07) is 11.3. The third kappa shape index (κ3) is 4.17. The zero-order valence-electron chi connectivity index (χ0n) is 15.2. The van der Waals surface area contributed by atoms with Gasteiger partial charge in [-0.2, -0.15) is 0 Å². The number of anilines is 1. The molecule has 27 heavy (non-hydrogen) atoms. The molecule has 1 saturated heterocycles. The first kappa shape index (κ1) is 18.1. The van der Waals surface area contributed by atoms with Crippen molar-refractivity contribution in [3.8, 4) is 0 Å². The van der Waals surface area contributed by atoms with Gasteiger partial charge < -0.3 is 4.90 Å². The summed E-state index contributed by atoms with van der Waals surface area (Å²) in [6.07, 6.45) is 0.290. The van der Waals surface area contributed by atoms with Gasteiger partial charge >= 0.3 is 0 Å². The maximum Gasteiger partial charge on any atom is 0.231 e. The van der Waals surface area contributed by atoms with Crippen molar-refractivity contribution in [3.05, 3.63) is 65.2 Å². The highest BCUT2D eigenvalue weighted by atomic mass is 19.1. The summed E-state index contributed by atoms with van der Waals surface area (Å²) in [7, 11) is 0. The Morgan fingerprint density at radius 1 is 0.815 bits per heavy atom. The zero-order chi connectivity index (χ0) is 18.8. The first-order valence-corrected chi connectivity index (χ1v) is 9.36. The molecule has 4 rings (SSSR count). The topological polar surface area (TPSA) is 26.8 Å². The third-order valence-electron chi connectivity index (χ3n) is 5.40. The second-order valence-corrected chi connectivity index (χ2v) is 7.24. The van der Waals surface area contributed by atoms with Gasteiger partial charge in [0.25, 0.3) is 0 Å². The van der Waals surface area contributed by atoms with Crippen molar-refractivity contribution < 1.29 is 13.6 Å². The van der Waals surface area contributed by atoms with Crippen LogP contribution in [0.4, 0.5) is 14.5 Å². The summed E-state index contributed by atoms with van der Waals surface area (Å²) in [4.78, 5) is 18.7. The van der Waals surface area contributed by atoms with Crippen LogP contribution in [0.2, 0.25) is 0 Å². The molecular weight excluding hydrogens is 348 g/mol. The normalized spacial score (nSPS) is 18.1. The first-order valence-electron chi connectivity index (χ1n) is 9.36. The fourth-order valence-corrected chi connectivity index (χ4v) is 3.86. The van der Waals surface area contributed by atoms with Gasteiger partial charge in [-0.3, -0.25) is 14.6 Å². The van der Waals surface area contributed by atoms with Crippen LogP contribution in [0.5, 0.6) is 0 Å². The lowest BCUT2D eigenvalue weighted by Crippen LogP contribution is -2.48. The van der Waals surface area contributed by atoms with E-state index in [1.165, 1.54) is 24.3 Å². The molecule has 0 spiro atoms. The highest BCUT2D eigenvalue weighted by molar-refractivity contribution is 6.01. The number of hydrogen-bond acceptors (Lipinski definition) is 3. The number of amides is 1. The van der Waals surface area contributed by atoms with Crippen LogP contribution in [0, 0.1) is 11.6 Å². The molecule has 2 aromatic carbocycles. The van der Waals surface area contributed by atoms with E-state index in [1.54, 1.807) is 11.0 Å². The number of hydrogen-bond donors (Lipinski definition) is 0. The summed E-state index contributed by atoms with van der Waals surface area (Å²) in [5.74, 6) is -0.449. The Morgan fingerprint density at radius 2 is 1.48 bits per heavy atom. The van der Waals surface area contributed by atoms with Crippen molar-refractivity contribution in [1.82, 2.24) is 9.80 Å². The third-order valence-corrected chi connectivity index (χ3v) is 5.40. The number of rotatable bonds is 5. The quantitative estimate of drug-likeness (QED) is 0.809. The molecule has 0 saturated carbocycles. The van der Waals surface area contributed by atoms with Crippen molar-refractivity contribution >= 4 is 11.6 Å². The molecule has 0 aromatic heterocycles. The summed E-state index contributed by atoms with van der Waals surface area (Å²) in [5.41, 5.74) is 2.75. The van der Waals surface area contributed by atoms with Gasteiger partial charge in [0.1, 0.15) is 11.6 Å². The monoisotopic (exact) mass is 371 g/mol. The largest absolute Gasteiger partial charge is 0.311 e. The number of benzene rings is 2. The molecule has 2 aliphatic heterocycles. The SMILES string of the molecule is O=C1Cc2cc(F)ccc2N1CCN1CCN(Cc2ccc(F)cc2)CC1. The van der Waals surface area contributed by atoms with E-state index in [4.69, 9.17) is 0 Å². The zero-order valence-corrected chi connectivity index (χ0v) is 15.2. The number of nitrogens with zero attached hydrogens (tertiary/aromatic N) is 3. The number of piperazine rings is 1. The maximum atomic E-state index is 13.3. The van der Waals surface area contributed by atoms with Crippen LogP contribution in [0.1, 0.15) is 11.1 Å². The van der Waals surface area contributed by atoms with Crippen molar-refractivity contribution in [2.45, 2.75) is 13.0 Å². The fraction of sp³-hybridized carbons (Fsp3) is 0.381. The van der Waals surface area contributed by atoms with E-state index in [9.17, 15) is 13.6 Å². The molecule has 0 aliphatic carbocycles. The standard InChI is InChI=1S/C21H23F2N3O/c22-18-3-1-16(2-4-18)15-25-9-7-24(8-10-25)11-12-26-20-6-5-19(23)13-17(20)14-21(26)27/h1-6,13H,7-12,14-15H2. The Labute approximate surface area is 158 Å². The summed E-state index contributed by atoms with van der Waals surface area (Å²) >= 11 is 0. The minimum atomic E-state index is -0.291. The summed E-state index contributed by atoms with van der Waals surface area (Å²) in [5, 5.41) is 0. The minimum absolute atomic E-state index is 0.0468. The van der Waals surface area contributed by atoms with Crippen LogP contribution in [0.3, 0.4) is 0 Å². The lowest BCUT2D eigenvalue weighted by Gasteiger charge is -2.35. The number of fused-ring (bicyclic) bond motifs is 1. The van der Waals surface area contributed by atoms with E-state index >= 15 is 0 Å². The Hall–Kier alpha value is -2.31. The molecule has 0 N–H and O–H groups in total. The van der Waals surface area contributed by atoms with Crippen molar-refractivity contribution in [1.29, 1.82) is 0 Å². The molecule has 2 heterocycles. The molecular formula is C21H23F2N3O. The highest BCUT2D eigenvalue weighted by Gasteiger charge is 2.28. The molecule has 0 unspecified atom stereocenters. The Morgan fingerprint density at radius 3 is 2.22 bits per heavy atom. The second kappa shape index (κ2) is 7.74. The average Bonchev–Trinajstić information content (AvgIpc) is 2.97. The lowest BCUT2D eigenvalue weighted by atomic mass is 10.1. The van der Waals surface area contributed by atoms with E-state index in [-0.39, 0.29) is 17.5 Å². The van der Waals surface area contributed by atoms with Crippen LogP contribution in [0.15, 0.2) is 42.5 Å². The van der Waals surface area contributed by atoms with Gasteiger partial charge in [-0.05, 0) is 41.5 Å². The maximum absolute atomic E-state index is 13.3. The van der Waals surface area contributed by atoms with Crippen LogP contribution in [-0.4, -0.2) is 55.0 Å². The van der Waals surface area contributed by atoms with Crippen LogP contribution in [0.25, 0.3) is 0 Å². The first-order chi connectivity index (χ1) is 13.1. The van der Waals surface area contributed by atoms with Crippen LogP contribution in [-0.2, 0) is 17.8 Å². The van der Waals surface area contributed by atoms with E-state index < -0.39 is 0 Å². The predicted molar refractivity (Wildman–Crippen MR) is 101 cm³/mol. The van der Waals surface area contributed by atoms with Gasteiger partial charge in [0.2, 0.25) is 5.91 Å². The van der Waals surface area contributed by atoms with Gasteiger partial charge in [0.15, 0.2) is 0 Å². The van der Waals surface area contributed by atoms with Crippen LogP contribution < -0.4 is 4.90 Å². The number of halogens is 2. The van der Waals surface area contributed by atoms with Crippen LogP contribution >= 0.6 is 0 Å². The number of carbonyl (C=O) groups is 1. The predicted octanol–water partition coefficient (Wildman–Crippen LogP) is 2.67. The average molecular weight is 371 g/mol. The van der Waals surface area contributed by atoms with Gasteiger partial charge in [-0.25, -0.2) is 8.78 Å². The lowest BCUT2D eigenvalue weighted by molar-refractivity contribution is -0.117. The fourth-order valence-electron chi connectivity index (χ4n) is 3.86. The molecule has 0 atom stereocenters. The van der Waals surface area contributed by atoms with Crippen molar-refractivity contribution in [2.24, 2.45) is 0 Å². The molecule has 0 radical (unpaired) electrons. The smallest absolute Gasteiger partial charge is 0.231 e. The Bertz CT molecular complexity index is 817. The summed E-state index contributed by atoms with van der Waals surface area (Å²) < 4.78 is 26.3. The molecule has 2 aromatic rings. The summed E-state index contributed by atoms with van der Waals surface area (Å²) in [6.45, 7) is 6.07. The molecule has 6 heteroatoms. The Balaban J connectivity index is 1.26. The Kier molecular flexibility index (Phi) is 5.18. The molecule has 0 bridgehead atoms. The molecule has 1 fully saturated rings. The van der Waals surface area contributed by atoms with Gasteiger partial charge in [0, 0.05) is 51.5 Å². The molecule has 4 nitrogen and oxygen atoms in total. The number of carbonyl (C=O) groups excluding carboxylic acids is 1. The van der Waals surface area contributed by atoms with Crippen molar-refractivity contribution in [3.63, 3.8) is 0 Å². The van der Waals surface area contributed by atoms with E-state index in [0.717, 1.165) is 56.1 Å².